The van der Waals surface area contributed by atoms with Gasteiger partial charge in [-0.05, 0) is 56.1 Å². The number of carboxylic acids is 1. The van der Waals surface area contributed by atoms with Crippen molar-refractivity contribution in [3.63, 3.8) is 0 Å². The van der Waals surface area contributed by atoms with Gasteiger partial charge in [-0.3, -0.25) is 4.79 Å². The third-order valence-corrected chi connectivity index (χ3v) is 4.55. The summed E-state index contributed by atoms with van der Waals surface area (Å²) in [6, 6.07) is 0. The molecule has 0 aromatic carbocycles. The quantitative estimate of drug-likeness (QED) is 0.555. The van der Waals surface area contributed by atoms with Crippen molar-refractivity contribution in [1.82, 2.24) is 0 Å². The first-order valence-electron chi connectivity index (χ1n) is 8.34. The van der Waals surface area contributed by atoms with E-state index in [4.69, 9.17) is 15.2 Å². The van der Waals surface area contributed by atoms with Crippen LogP contribution in [0.2, 0.25) is 0 Å². The Bertz CT molecular complexity index is 584. The van der Waals surface area contributed by atoms with Crippen LogP contribution in [-0.2, 0) is 19.1 Å². The molecule has 0 amide bonds. The van der Waals surface area contributed by atoms with Gasteiger partial charge in [-0.25, -0.2) is 4.79 Å². The van der Waals surface area contributed by atoms with E-state index in [-0.39, 0.29) is 30.6 Å². The van der Waals surface area contributed by atoms with E-state index < -0.39 is 23.6 Å². The Morgan fingerprint density at radius 1 is 1.44 bits per heavy atom. The van der Waals surface area contributed by atoms with Crippen molar-refractivity contribution >= 4 is 24.3 Å². The van der Waals surface area contributed by atoms with Gasteiger partial charge in [0.1, 0.15) is 0 Å². The lowest BCUT2D eigenvalue weighted by Gasteiger charge is -2.32. The highest BCUT2D eigenvalue weighted by molar-refractivity contribution is 5.85. The molecule has 1 heterocycles. The second-order valence-corrected chi connectivity index (χ2v) is 6.20. The molecule has 1 fully saturated rings. The monoisotopic (exact) mass is 375 g/mol. The van der Waals surface area contributed by atoms with Crippen LogP contribution in [0.25, 0.3) is 0 Å². The lowest BCUT2D eigenvalue weighted by Crippen LogP contribution is -2.48. The molecule has 2 aliphatic rings. The zero-order chi connectivity index (χ0) is 17.9. The van der Waals surface area contributed by atoms with Gasteiger partial charge < -0.3 is 25.4 Å². The van der Waals surface area contributed by atoms with Gasteiger partial charge in [-0.2, -0.15) is 0 Å². The minimum Gasteiger partial charge on any atom is -0.481 e. The van der Waals surface area contributed by atoms with Gasteiger partial charge in [0.25, 0.3) is 0 Å². The van der Waals surface area contributed by atoms with E-state index in [2.05, 4.69) is 0 Å². The van der Waals surface area contributed by atoms with Gasteiger partial charge in [-0.15, -0.1) is 12.4 Å². The Labute approximate surface area is 153 Å². The molecule has 0 saturated heterocycles. The van der Waals surface area contributed by atoms with Crippen molar-refractivity contribution in [2.75, 3.05) is 6.61 Å². The van der Waals surface area contributed by atoms with Crippen molar-refractivity contribution in [2.24, 2.45) is 17.6 Å². The van der Waals surface area contributed by atoms with Crippen LogP contribution < -0.4 is 5.73 Å². The van der Waals surface area contributed by atoms with Crippen molar-refractivity contribution < 1.29 is 29.3 Å². The molecule has 1 saturated carbocycles. The summed E-state index contributed by atoms with van der Waals surface area (Å²) in [5, 5.41) is 19.7. The normalized spacial score (nSPS) is 23.9. The summed E-state index contributed by atoms with van der Waals surface area (Å²) in [6.45, 7) is 3.52. The number of allylic oxidation sites excluding steroid dienone is 2. The topological polar surface area (TPSA) is 119 Å². The van der Waals surface area contributed by atoms with Gasteiger partial charge in [0.05, 0.1) is 24.5 Å². The Kier molecular flexibility index (Phi) is 7.31. The summed E-state index contributed by atoms with van der Waals surface area (Å²) in [4.78, 5) is 23.3. The molecule has 4 N–H and O–H groups in total. The number of halogens is 1. The van der Waals surface area contributed by atoms with Crippen LogP contribution >= 0.6 is 12.4 Å². The van der Waals surface area contributed by atoms with Crippen LogP contribution in [0.5, 0.6) is 0 Å². The molecule has 2 rings (SSSR count). The van der Waals surface area contributed by atoms with Gasteiger partial charge in [0, 0.05) is 0 Å². The lowest BCUT2D eigenvalue weighted by molar-refractivity contribution is -0.200. The molecule has 7 nitrogen and oxygen atoms in total. The maximum absolute atomic E-state index is 12.0. The number of carbonyl (C=O) groups is 2. The molecule has 0 radical (unpaired) electrons. The number of aliphatic carboxylic acids is 1. The Balaban J connectivity index is 0.00000312. The van der Waals surface area contributed by atoms with Crippen LogP contribution in [0.3, 0.4) is 0 Å². The van der Waals surface area contributed by atoms with E-state index in [1.807, 2.05) is 6.92 Å². The minimum atomic E-state index is -2.34. The molecule has 25 heavy (non-hydrogen) atoms. The predicted molar refractivity (Wildman–Crippen MR) is 92.6 cm³/mol. The first-order chi connectivity index (χ1) is 11.3. The first-order valence-corrected chi connectivity index (χ1v) is 8.34. The standard InChI is InChI=1S/C17H25NO6.ClH/c1-3-10(15(19)20)7-8-12-13(11-5-6-11)9-24-17(22,14(12)18)16(21)23-4-2;/h9-11,22H,3-8,18H2,1-2H3,(H,19,20);1H. The SMILES string of the molecule is CCOC(=O)C1(O)OC=C(C2CC2)C(CCC(CC)C(=O)O)=C1N.Cl. The van der Waals surface area contributed by atoms with E-state index >= 15 is 0 Å². The largest absolute Gasteiger partial charge is 0.481 e. The Morgan fingerprint density at radius 2 is 2.08 bits per heavy atom. The fourth-order valence-corrected chi connectivity index (χ4v) is 2.87. The molecule has 0 aromatic heterocycles. The zero-order valence-corrected chi connectivity index (χ0v) is 15.3. The highest BCUT2D eigenvalue weighted by atomic mass is 35.5. The second kappa shape index (κ2) is 8.58. The van der Waals surface area contributed by atoms with Crippen LogP contribution in [0.1, 0.15) is 46.0 Å². The van der Waals surface area contributed by atoms with E-state index in [1.54, 1.807) is 6.92 Å². The maximum Gasteiger partial charge on any atom is 0.386 e. The van der Waals surface area contributed by atoms with Crippen LogP contribution in [0, 0.1) is 11.8 Å². The van der Waals surface area contributed by atoms with Crippen molar-refractivity contribution in [3.8, 4) is 0 Å². The number of rotatable bonds is 8. The number of nitrogens with two attached hydrogens (primary N) is 1. The zero-order valence-electron chi connectivity index (χ0n) is 14.5. The van der Waals surface area contributed by atoms with E-state index in [0.29, 0.717) is 24.8 Å². The first kappa shape index (κ1) is 21.3. The Morgan fingerprint density at radius 3 is 2.56 bits per heavy atom. The molecule has 1 aliphatic heterocycles. The molecular formula is C17H26ClNO6. The third kappa shape index (κ3) is 4.46. The molecule has 8 heteroatoms. The van der Waals surface area contributed by atoms with Gasteiger partial charge in [0.2, 0.25) is 0 Å². The van der Waals surface area contributed by atoms with Gasteiger partial charge in [0.15, 0.2) is 0 Å². The maximum atomic E-state index is 12.0. The van der Waals surface area contributed by atoms with Gasteiger partial charge in [-0.1, -0.05) is 6.92 Å². The average molecular weight is 376 g/mol. The molecule has 2 unspecified atom stereocenters. The van der Waals surface area contributed by atoms with Crippen LogP contribution in [-0.4, -0.2) is 34.5 Å². The molecular weight excluding hydrogens is 350 g/mol. The summed E-state index contributed by atoms with van der Waals surface area (Å²) in [5.74, 6) is -4.37. The fourth-order valence-electron chi connectivity index (χ4n) is 2.87. The van der Waals surface area contributed by atoms with E-state index in [1.165, 1.54) is 6.26 Å². The number of hydrogen-bond donors (Lipinski definition) is 3. The number of esters is 1. The van der Waals surface area contributed by atoms with E-state index in [9.17, 15) is 19.8 Å². The predicted octanol–water partition coefficient (Wildman–Crippen LogP) is 2.09. The lowest BCUT2D eigenvalue weighted by atomic mass is 9.88. The second-order valence-electron chi connectivity index (χ2n) is 6.20. The highest BCUT2D eigenvalue weighted by Crippen LogP contribution is 2.45. The molecule has 0 spiro atoms. The molecule has 0 bridgehead atoms. The summed E-state index contributed by atoms with van der Waals surface area (Å²) in [5.41, 5.74) is 7.43. The molecule has 1 aliphatic carbocycles. The molecule has 0 aromatic rings. The molecule has 142 valence electrons. The highest BCUT2D eigenvalue weighted by Gasteiger charge is 2.48. The fraction of sp³-hybridized carbons (Fsp3) is 0.647. The summed E-state index contributed by atoms with van der Waals surface area (Å²) in [6.07, 6.45) is 4.60. The third-order valence-electron chi connectivity index (χ3n) is 4.55. The number of hydrogen-bond acceptors (Lipinski definition) is 6. The van der Waals surface area contributed by atoms with Crippen molar-refractivity contribution in [2.45, 2.75) is 51.7 Å². The minimum absolute atomic E-state index is 0. The number of aliphatic hydroxyl groups is 1. The van der Waals surface area contributed by atoms with Crippen molar-refractivity contribution in [3.05, 3.63) is 23.1 Å². The molecule has 2 atom stereocenters. The average Bonchev–Trinajstić information content (AvgIpc) is 3.36. The summed E-state index contributed by atoms with van der Waals surface area (Å²) >= 11 is 0. The van der Waals surface area contributed by atoms with Gasteiger partial charge >= 0.3 is 17.7 Å². The number of carboxylic acid groups (broad SMARTS) is 1. The summed E-state index contributed by atoms with van der Waals surface area (Å²) < 4.78 is 10.1. The van der Waals surface area contributed by atoms with Crippen LogP contribution in [0.15, 0.2) is 23.1 Å². The van der Waals surface area contributed by atoms with E-state index in [0.717, 1.165) is 18.4 Å². The van der Waals surface area contributed by atoms with Crippen LogP contribution in [0.4, 0.5) is 0 Å². The number of carbonyl (C=O) groups excluding carboxylic acids is 1. The smallest absolute Gasteiger partial charge is 0.386 e. The van der Waals surface area contributed by atoms with Crippen molar-refractivity contribution in [1.29, 1.82) is 0 Å². The number of ether oxygens (including phenoxy) is 2. The summed E-state index contributed by atoms with van der Waals surface area (Å²) in [7, 11) is 0. The Hall–Kier alpha value is -1.73.